The Morgan fingerprint density at radius 1 is 1.40 bits per heavy atom. The van der Waals surface area contributed by atoms with Gasteiger partial charge in [0.25, 0.3) is 0 Å². The summed E-state index contributed by atoms with van der Waals surface area (Å²) in [4.78, 5) is 14.0. The van der Waals surface area contributed by atoms with Crippen molar-refractivity contribution in [1.82, 2.24) is 4.90 Å². The van der Waals surface area contributed by atoms with Gasteiger partial charge in [0.05, 0.1) is 6.61 Å². The van der Waals surface area contributed by atoms with Gasteiger partial charge in [-0.05, 0) is 19.8 Å². The Bertz CT molecular complexity index is 291. The van der Waals surface area contributed by atoms with E-state index in [1.54, 1.807) is 0 Å². The lowest BCUT2D eigenvalue weighted by Gasteiger charge is -2.50. The average Bonchev–Trinajstić information content (AvgIpc) is 2.56. The number of carbonyl (C=O) groups excluding carboxylic acids is 1. The molecule has 1 amide bonds. The van der Waals surface area contributed by atoms with Crippen molar-refractivity contribution in [3.63, 3.8) is 0 Å². The molecule has 3 nitrogen and oxygen atoms in total. The maximum absolute atomic E-state index is 11.9. The van der Waals surface area contributed by atoms with E-state index in [9.17, 15) is 4.79 Å². The van der Waals surface area contributed by atoms with Crippen LogP contribution in [0, 0.1) is 5.92 Å². The Morgan fingerprint density at radius 3 is 3.07 bits per heavy atom. The molecular formula is C12H19NO2. The van der Waals surface area contributed by atoms with Crippen molar-refractivity contribution < 1.29 is 9.53 Å². The first-order valence-corrected chi connectivity index (χ1v) is 6.17. The van der Waals surface area contributed by atoms with Crippen LogP contribution in [0.1, 0.15) is 45.4 Å². The molecule has 0 aromatic heterocycles. The Kier molecular flexibility index (Phi) is 2.06. The fourth-order valence-electron chi connectivity index (χ4n) is 3.53. The topological polar surface area (TPSA) is 29.5 Å². The molecule has 3 rings (SSSR count). The Morgan fingerprint density at radius 2 is 2.20 bits per heavy atom. The van der Waals surface area contributed by atoms with E-state index in [1.807, 2.05) is 0 Å². The van der Waals surface area contributed by atoms with Gasteiger partial charge in [-0.1, -0.05) is 12.8 Å². The van der Waals surface area contributed by atoms with Crippen LogP contribution in [0.2, 0.25) is 0 Å². The first kappa shape index (κ1) is 9.64. The zero-order valence-corrected chi connectivity index (χ0v) is 9.37. The van der Waals surface area contributed by atoms with Gasteiger partial charge in [0, 0.05) is 24.8 Å². The van der Waals surface area contributed by atoms with Crippen molar-refractivity contribution in [2.24, 2.45) is 5.92 Å². The Balaban J connectivity index is 1.90. The molecule has 0 radical (unpaired) electrons. The summed E-state index contributed by atoms with van der Waals surface area (Å²) < 4.78 is 5.93. The van der Waals surface area contributed by atoms with Crippen molar-refractivity contribution in [2.45, 2.75) is 57.2 Å². The number of nitrogens with zero attached hydrogens (tertiary/aromatic N) is 1. The number of rotatable bonds is 0. The third-order valence-electron chi connectivity index (χ3n) is 4.39. The molecule has 2 heterocycles. The molecule has 0 spiro atoms. The highest BCUT2D eigenvalue weighted by atomic mass is 16.5. The lowest BCUT2D eigenvalue weighted by molar-refractivity contribution is -0.207. The first-order valence-electron chi connectivity index (χ1n) is 6.17. The molecule has 3 fully saturated rings. The van der Waals surface area contributed by atoms with E-state index < -0.39 is 0 Å². The van der Waals surface area contributed by atoms with Gasteiger partial charge >= 0.3 is 0 Å². The molecule has 0 unspecified atom stereocenters. The summed E-state index contributed by atoms with van der Waals surface area (Å²) in [6.07, 6.45) is 6.58. The van der Waals surface area contributed by atoms with Crippen molar-refractivity contribution >= 4 is 5.91 Å². The Labute approximate surface area is 90.8 Å². The second-order valence-electron chi connectivity index (χ2n) is 5.36. The van der Waals surface area contributed by atoms with Gasteiger partial charge in [-0.15, -0.1) is 0 Å². The largest absolute Gasteiger partial charge is 0.355 e. The van der Waals surface area contributed by atoms with Crippen molar-refractivity contribution in [3.05, 3.63) is 0 Å². The summed E-state index contributed by atoms with van der Waals surface area (Å²) >= 11 is 0. The smallest absolute Gasteiger partial charge is 0.225 e. The van der Waals surface area contributed by atoms with Crippen LogP contribution in [-0.4, -0.2) is 29.2 Å². The maximum Gasteiger partial charge on any atom is 0.225 e. The van der Waals surface area contributed by atoms with Gasteiger partial charge in [0.1, 0.15) is 5.72 Å². The van der Waals surface area contributed by atoms with Gasteiger partial charge in [-0.2, -0.15) is 0 Å². The minimum Gasteiger partial charge on any atom is -0.355 e. The standard InChI is InChI=1S/C12H19NO2/c1-12-7-6-11(14)13(12)10-5-3-2-4-9(10)8-15-12/h9-10H,2-8H2,1H3/t9-,10-,12+/m1/s1. The second-order valence-corrected chi connectivity index (χ2v) is 5.36. The highest BCUT2D eigenvalue weighted by Gasteiger charge is 2.51. The summed E-state index contributed by atoms with van der Waals surface area (Å²) in [7, 11) is 0. The number of ether oxygens (including phenoxy) is 1. The third-order valence-corrected chi connectivity index (χ3v) is 4.39. The Hall–Kier alpha value is -0.570. The van der Waals surface area contributed by atoms with Gasteiger partial charge in [-0.25, -0.2) is 0 Å². The first-order chi connectivity index (χ1) is 7.21. The van der Waals surface area contributed by atoms with Gasteiger partial charge < -0.3 is 9.64 Å². The lowest BCUT2D eigenvalue weighted by Crippen LogP contribution is -2.59. The highest BCUT2D eigenvalue weighted by Crippen LogP contribution is 2.43. The van der Waals surface area contributed by atoms with Gasteiger partial charge in [0.15, 0.2) is 0 Å². The second kappa shape index (κ2) is 3.21. The molecule has 3 heteroatoms. The minimum atomic E-state index is -0.268. The third kappa shape index (κ3) is 1.32. The van der Waals surface area contributed by atoms with Crippen LogP contribution < -0.4 is 0 Å². The molecule has 0 bridgehead atoms. The van der Waals surface area contributed by atoms with E-state index >= 15 is 0 Å². The number of hydrogen-bond acceptors (Lipinski definition) is 2. The van der Waals surface area contributed by atoms with E-state index in [2.05, 4.69) is 11.8 Å². The molecule has 3 atom stereocenters. The van der Waals surface area contributed by atoms with Crippen LogP contribution in [0.15, 0.2) is 0 Å². The fourth-order valence-corrected chi connectivity index (χ4v) is 3.53. The zero-order valence-electron chi connectivity index (χ0n) is 9.37. The molecule has 0 aromatic rings. The molecule has 1 saturated carbocycles. The zero-order chi connectivity index (χ0) is 10.5. The van der Waals surface area contributed by atoms with Crippen molar-refractivity contribution in [1.29, 1.82) is 0 Å². The minimum absolute atomic E-state index is 0.268. The molecule has 2 saturated heterocycles. The van der Waals surface area contributed by atoms with E-state index in [1.165, 1.54) is 25.7 Å². The van der Waals surface area contributed by atoms with Crippen LogP contribution in [-0.2, 0) is 9.53 Å². The van der Waals surface area contributed by atoms with Crippen LogP contribution >= 0.6 is 0 Å². The van der Waals surface area contributed by atoms with Crippen molar-refractivity contribution in [3.8, 4) is 0 Å². The molecule has 3 aliphatic rings. The van der Waals surface area contributed by atoms with Crippen LogP contribution in [0.4, 0.5) is 0 Å². The molecule has 0 aromatic carbocycles. The molecule has 2 aliphatic heterocycles. The summed E-state index contributed by atoms with van der Waals surface area (Å²) in [5.41, 5.74) is -0.268. The maximum atomic E-state index is 11.9. The molecule has 0 N–H and O–H groups in total. The summed E-state index contributed by atoms with van der Waals surface area (Å²) in [6, 6.07) is 0.479. The monoisotopic (exact) mass is 209 g/mol. The molecular weight excluding hydrogens is 190 g/mol. The number of amides is 1. The van der Waals surface area contributed by atoms with Crippen molar-refractivity contribution in [2.75, 3.05) is 6.61 Å². The molecule has 84 valence electrons. The predicted octanol–water partition coefficient (Wildman–Crippen LogP) is 1.91. The van der Waals surface area contributed by atoms with Gasteiger partial charge in [0.2, 0.25) is 5.91 Å². The predicted molar refractivity (Wildman–Crippen MR) is 56.2 cm³/mol. The quantitative estimate of drug-likeness (QED) is 0.610. The molecule has 15 heavy (non-hydrogen) atoms. The summed E-state index contributed by atoms with van der Waals surface area (Å²) in [5, 5.41) is 0. The van der Waals surface area contributed by atoms with Crippen LogP contribution in [0.3, 0.4) is 0 Å². The fraction of sp³-hybridized carbons (Fsp3) is 0.917. The van der Waals surface area contributed by atoms with E-state index in [0.29, 0.717) is 24.3 Å². The van der Waals surface area contributed by atoms with Crippen LogP contribution in [0.25, 0.3) is 0 Å². The average molecular weight is 209 g/mol. The highest BCUT2D eigenvalue weighted by molar-refractivity contribution is 5.79. The summed E-state index contributed by atoms with van der Waals surface area (Å²) in [6.45, 7) is 2.95. The lowest BCUT2D eigenvalue weighted by atomic mass is 9.82. The van der Waals surface area contributed by atoms with E-state index in [-0.39, 0.29) is 5.72 Å². The normalized spacial score (nSPS) is 45.1. The molecule has 1 aliphatic carbocycles. The van der Waals surface area contributed by atoms with E-state index in [4.69, 9.17) is 4.74 Å². The van der Waals surface area contributed by atoms with Crippen LogP contribution in [0.5, 0.6) is 0 Å². The van der Waals surface area contributed by atoms with E-state index in [0.717, 1.165) is 13.0 Å². The number of hydrogen-bond donors (Lipinski definition) is 0. The number of fused-ring (bicyclic) bond motifs is 3. The van der Waals surface area contributed by atoms with Gasteiger partial charge in [-0.3, -0.25) is 4.79 Å². The number of carbonyl (C=O) groups is 1. The summed E-state index contributed by atoms with van der Waals surface area (Å²) in [5.74, 6) is 0.919. The SMILES string of the molecule is C[C@]12CCC(=O)N1[C@@H]1CCCC[C@@H]1CO2.